The van der Waals surface area contributed by atoms with Crippen LogP contribution in [0.1, 0.15) is 20.3 Å². The molecule has 0 aliphatic rings. The van der Waals surface area contributed by atoms with Crippen LogP contribution >= 0.6 is 0 Å². The summed E-state index contributed by atoms with van der Waals surface area (Å²) in [7, 11) is 0. The van der Waals surface area contributed by atoms with Crippen LogP contribution in [0.2, 0.25) is 0 Å². The number of aryl methyl sites for hydroxylation is 1. The maximum atomic E-state index is 11.3. The zero-order chi connectivity index (χ0) is 12.0. The molecule has 1 heterocycles. The second-order valence-electron chi connectivity index (χ2n) is 3.56. The number of H-pyrrole nitrogens is 1. The molecule has 0 atom stereocenters. The van der Waals surface area contributed by atoms with Crippen molar-refractivity contribution in [2.24, 2.45) is 0 Å². The van der Waals surface area contributed by atoms with Crippen LogP contribution in [-0.2, 0) is 6.54 Å². The lowest BCUT2D eigenvalue weighted by Crippen LogP contribution is -2.37. The van der Waals surface area contributed by atoms with E-state index in [1.807, 2.05) is 0 Å². The molecular formula is C10H18N4O2. The van der Waals surface area contributed by atoms with Gasteiger partial charge >= 0.3 is 11.1 Å². The predicted octanol–water partition coefficient (Wildman–Crippen LogP) is -0.336. The van der Waals surface area contributed by atoms with Gasteiger partial charge in [0.15, 0.2) is 0 Å². The Balaban J connectivity index is 2.52. The SMILES string of the molecule is CCN(CC)CCCn1cn[nH]c(=O)c1=O. The van der Waals surface area contributed by atoms with Crippen molar-refractivity contribution >= 4 is 0 Å². The highest BCUT2D eigenvalue weighted by atomic mass is 16.2. The highest BCUT2D eigenvalue weighted by Crippen LogP contribution is 1.91. The third kappa shape index (κ3) is 3.30. The van der Waals surface area contributed by atoms with Gasteiger partial charge in [-0.2, -0.15) is 5.10 Å². The summed E-state index contributed by atoms with van der Waals surface area (Å²) < 4.78 is 1.35. The molecule has 6 nitrogen and oxygen atoms in total. The molecule has 90 valence electrons. The zero-order valence-corrected chi connectivity index (χ0v) is 9.77. The summed E-state index contributed by atoms with van der Waals surface area (Å²) >= 11 is 0. The minimum absolute atomic E-state index is 0.533. The molecule has 1 rings (SSSR count). The van der Waals surface area contributed by atoms with Gasteiger partial charge in [0.25, 0.3) is 0 Å². The molecule has 0 saturated heterocycles. The summed E-state index contributed by atoms with van der Waals surface area (Å²) in [5.74, 6) is 0. The third-order valence-electron chi connectivity index (χ3n) is 2.59. The lowest BCUT2D eigenvalue weighted by Gasteiger charge is -2.17. The van der Waals surface area contributed by atoms with Gasteiger partial charge in [0.2, 0.25) is 0 Å². The summed E-state index contributed by atoms with van der Waals surface area (Å²) in [6, 6.07) is 0. The average molecular weight is 226 g/mol. The van der Waals surface area contributed by atoms with Gasteiger partial charge in [-0.25, -0.2) is 5.10 Å². The highest BCUT2D eigenvalue weighted by molar-refractivity contribution is 4.74. The largest absolute Gasteiger partial charge is 0.330 e. The van der Waals surface area contributed by atoms with E-state index in [0.717, 1.165) is 26.1 Å². The van der Waals surface area contributed by atoms with E-state index in [-0.39, 0.29) is 0 Å². The topological polar surface area (TPSA) is 71.0 Å². The van der Waals surface area contributed by atoms with E-state index in [2.05, 4.69) is 28.9 Å². The van der Waals surface area contributed by atoms with Gasteiger partial charge in [-0.1, -0.05) is 13.8 Å². The summed E-state index contributed by atoms with van der Waals surface area (Å²) in [4.78, 5) is 24.6. The van der Waals surface area contributed by atoms with Crippen molar-refractivity contribution < 1.29 is 0 Å². The Morgan fingerprint density at radius 2 is 2.06 bits per heavy atom. The van der Waals surface area contributed by atoms with Crippen LogP contribution in [0.25, 0.3) is 0 Å². The summed E-state index contributed by atoms with van der Waals surface area (Å²) in [5.41, 5.74) is -1.19. The molecule has 16 heavy (non-hydrogen) atoms. The van der Waals surface area contributed by atoms with E-state index >= 15 is 0 Å². The number of aromatic amines is 1. The normalized spacial score (nSPS) is 10.9. The van der Waals surface area contributed by atoms with Crippen LogP contribution in [0.15, 0.2) is 15.9 Å². The number of nitrogens with zero attached hydrogens (tertiary/aromatic N) is 3. The molecule has 0 saturated carbocycles. The molecule has 1 N–H and O–H groups in total. The van der Waals surface area contributed by atoms with Crippen molar-refractivity contribution in [3.63, 3.8) is 0 Å². The summed E-state index contributed by atoms with van der Waals surface area (Å²) in [6.45, 7) is 7.66. The molecule has 0 aromatic carbocycles. The molecule has 0 radical (unpaired) electrons. The first-order valence-electron chi connectivity index (χ1n) is 5.55. The van der Waals surface area contributed by atoms with Crippen LogP contribution < -0.4 is 11.1 Å². The third-order valence-corrected chi connectivity index (χ3v) is 2.59. The number of hydrogen-bond donors (Lipinski definition) is 1. The standard InChI is InChI=1S/C10H18N4O2/c1-3-13(4-2)6-5-7-14-8-11-12-9(15)10(14)16/h8H,3-7H2,1-2H3,(H,12,15). The molecule has 0 aliphatic carbocycles. The lowest BCUT2D eigenvalue weighted by atomic mass is 10.3. The summed E-state index contributed by atoms with van der Waals surface area (Å²) in [6.07, 6.45) is 2.21. The molecule has 0 unspecified atom stereocenters. The van der Waals surface area contributed by atoms with Crippen LogP contribution in [0.3, 0.4) is 0 Å². The van der Waals surface area contributed by atoms with Crippen LogP contribution in [0.4, 0.5) is 0 Å². The molecule has 0 fully saturated rings. The Labute approximate surface area is 93.9 Å². The van der Waals surface area contributed by atoms with Gasteiger partial charge in [-0.05, 0) is 26.1 Å². The molecule has 1 aromatic heterocycles. The van der Waals surface area contributed by atoms with Gasteiger partial charge in [0.1, 0.15) is 6.33 Å². The molecule has 0 bridgehead atoms. The molecule has 0 amide bonds. The monoisotopic (exact) mass is 226 g/mol. The van der Waals surface area contributed by atoms with E-state index in [0.29, 0.717) is 6.54 Å². The van der Waals surface area contributed by atoms with Gasteiger partial charge in [0.05, 0.1) is 0 Å². The Morgan fingerprint density at radius 3 is 2.69 bits per heavy atom. The molecule has 6 heteroatoms. The van der Waals surface area contributed by atoms with Crippen LogP contribution in [0.5, 0.6) is 0 Å². The quantitative estimate of drug-likeness (QED) is 0.674. The second-order valence-corrected chi connectivity index (χ2v) is 3.56. The highest BCUT2D eigenvalue weighted by Gasteiger charge is 2.02. The first-order valence-corrected chi connectivity index (χ1v) is 5.55. The first kappa shape index (κ1) is 12.6. The first-order chi connectivity index (χ1) is 7.69. The number of aromatic nitrogens is 3. The fourth-order valence-corrected chi connectivity index (χ4v) is 1.55. The fraction of sp³-hybridized carbons (Fsp3) is 0.700. The van der Waals surface area contributed by atoms with Gasteiger partial charge in [-0.3, -0.25) is 14.2 Å². The zero-order valence-electron chi connectivity index (χ0n) is 9.77. The molecule has 0 aliphatic heterocycles. The van der Waals surface area contributed by atoms with E-state index in [4.69, 9.17) is 0 Å². The van der Waals surface area contributed by atoms with Crippen molar-refractivity contribution in [2.75, 3.05) is 19.6 Å². The maximum absolute atomic E-state index is 11.3. The Morgan fingerprint density at radius 1 is 1.38 bits per heavy atom. The lowest BCUT2D eigenvalue weighted by molar-refractivity contribution is 0.292. The van der Waals surface area contributed by atoms with Crippen molar-refractivity contribution in [2.45, 2.75) is 26.8 Å². The smallest absolute Gasteiger partial charge is 0.304 e. The van der Waals surface area contributed by atoms with Crippen LogP contribution in [0, 0.1) is 0 Å². The summed E-state index contributed by atoms with van der Waals surface area (Å²) in [5, 5.41) is 5.71. The Kier molecular flexibility index (Phi) is 4.91. The van der Waals surface area contributed by atoms with Gasteiger partial charge < -0.3 is 4.90 Å². The van der Waals surface area contributed by atoms with Gasteiger partial charge in [-0.15, -0.1) is 0 Å². The number of hydrogen-bond acceptors (Lipinski definition) is 4. The predicted molar refractivity (Wildman–Crippen MR) is 61.5 cm³/mol. The van der Waals surface area contributed by atoms with E-state index in [1.165, 1.54) is 10.9 Å². The Hall–Kier alpha value is -1.43. The van der Waals surface area contributed by atoms with Crippen LogP contribution in [-0.4, -0.2) is 39.3 Å². The van der Waals surface area contributed by atoms with Crippen molar-refractivity contribution in [3.8, 4) is 0 Å². The molecular weight excluding hydrogens is 208 g/mol. The van der Waals surface area contributed by atoms with E-state index in [9.17, 15) is 9.59 Å². The van der Waals surface area contributed by atoms with Crippen molar-refractivity contribution in [1.82, 2.24) is 19.7 Å². The minimum Gasteiger partial charge on any atom is -0.304 e. The van der Waals surface area contributed by atoms with E-state index in [1.54, 1.807) is 0 Å². The number of rotatable bonds is 6. The van der Waals surface area contributed by atoms with Crippen molar-refractivity contribution in [1.29, 1.82) is 0 Å². The van der Waals surface area contributed by atoms with E-state index < -0.39 is 11.1 Å². The average Bonchev–Trinajstić information content (AvgIpc) is 2.30. The number of nitrogens with one attached hydrogen (secondary N) is 1. The molecule has 1 aromatic rings. The molecule has 0 spiro atoms. The maximum Gasteiger partial charge on any atom is 0.330 e. The second kappa shape index (κ2) is 6.22. The fourth-order valence-electron chi connectivity index (χ4n) is 1.55. The van der Waals surface area contributed by atoms with Crippen molar-refractivity contribution in [3.05, 3.63) is 27.0 Å². The van der Waals surface area contributed by atoms with Gasteiger partial charge in [0, 0.05) is 6.54 Å². The Bertz CT molecular complexity index is 419. The minimum atomic E-state index is -0.662.